The molecule has 4 aromatic heterocycles. The number of hydrogen-bond acceptors (Lipinski definition) is 5. The van der Waals surface area contributed by atoms with Gasteiger partial charge in [0.05, 0.1) is 22.4 Å². The zero-order valence-electron chi connectivity index (χ0n) is 13.1. The Kier molecular flexibility index (Phi) is 3.22. The summed E-state index contributed by atoms with van der Waals surface area (Å²) in [6, 6.07) is 7.91. The van der Waals surface area contributed by atoms with Crippen LogP contribution in [0.3, 0.4) is 0 Å². The van der Waals surface area contributed by atoms with Gasteiger partial charge >= 0.3 is 0 Å². The molecule has 0 spiro atoms. The minimum atomic E-state index is 0.749. The molecule has 0 aromatic carbocycles. The van der Waals surface area contributed by atoms with Gasteiger partial charge in [0.2, 0.25) is 0 Å². The molecule has 0 bridgehead atoms. The van der Waals surface area contributed by atoms with Crippen LogP contribution in [0.25, 0.3) is 16.7 Å². The fourth-order valence-corrected chi connectivity index (χ4v) is 2.62. The van der Waals surface area contributed by atoms with Crippen molar-refractivity contribution < 1.29 is 0 Å². The van der Waals surface area contributed by atoms with Crippen LogP contribution in [0.5, 0.6) is 0 Å². The van der Waals surface area contributed by atoms with Gasteiger partial charge < -0.3 is 0 Å². The maximum Gasteiger partial charge on any atom is 0.177 e. The van der Waals surface area contributed by atoms with Crippen LogP contribution < -0.4 is 0 Å². The summed E-state index contributed by atoms with van der Waals surface area (Å²) in [6.45, 7) is 3.93. The summed E-state index contributed by atoms with van der Waals surface area (Å²) in [7, 11) is 0. The average molecular weight is 304 g/mol. The number of pyridine rings is 2. The Morgan fingerprint density at radius 1 is 0.957 bits per heavy atom. The van der Waals surface area contributed by atoms with E-state index in [1.807, 2.05) is 48.8 Å². The van der Waals surface area contributed by atoms with Gasteiger partial charge in [-0.3, -0.25) is 15.0 Å². The van der Waals surface area contributed by atoms with Crippen molar-refractivity contribution in [1.29, 1.82) is 0 Å². The van der Waals surface area contributed by atoms with Crippen molar-refractivity contribution >= 4 is 16.7 Å². The topological polar surface area (TPSA) is 68.9 Å². The number of nitrogens with zero attached hydrogens (tertiary/aromatic N) is 6. The third kappa shape index (κ3) is 2.52. The second-order valence-electron chi connectivity index (χ2n) is 5.59. The van der Waals surface area contributed by atoms with Gasteiger partial charge in [-0.15, -0.1) is 0 Å². The highest BCUT2D eigenvalue weighted by atomic mass is 15.3. The fourth-order valence-electron chi connectivity index (χ4n) is 2.62. The summed E-state index contributed by atoms with van der Waals surface area (Å²) in [5.41, 5.74) is 5.57. The van der Waals surface area contributed by atoms with E-state index in [1.165, 1.54) is 0 Å². The fraction of sp³-hybridized carbons (Fsp3) is 0.235. The van der Waals surface area contributed by atoms with E-state index in [4.69, 9.17) is 0 Å². The molecule has 0 saturated carbocycles. The first kappa shape index (κ1) is 13.8. The first-order valence-electron chi connectivity index (χ1n) is 7.59. The van der Waals surface area contributed by atoms with E-state index in [-0.39, 0.29) is 0 Å². The Morgan fingerprint density at radius 3 is 2.74 bits per heavy atom. The van der Waals surface area contributed by atoms with Crippen molar-refractivity contribution in [3.05, 3.63) is 59.6 Å². The van der Waals surface area contributed by atoms with E-state index in [0.717, 1.165) is 52.4 Å². The number of fused-ring (bicyclic) bond motifs is 2. The molecule has 0 unspecified atom stereocenters. The van der Waals surface area contributed by atoms with E-state index >= 15 is 0 Å². The zero-order valence-corrected chi connectivity index (χ0v) is 13.1. The molecule has 4 heterocycles. The lowest BCUT2D eigenvalue weighted by Crippen LogP contribution is -1.99. The van der Waals surface area contributed by atoms with Crippen molar-refractivity contribution in [3.63, 3.8) is 0 Å². The largest absolute Gasteiger partial charge is 0.256 e. The van der Waals surface area contributed by atoms with Gasteiger partial charge in [-0.05, 0) is 44.5 Å². The molecule has 0 aliphatic carbocycles. The van der Waals surface area contributed by atoms with Crippen LogP contribution in [0.4, 0.5) is 0 Å². The van der Waals surface area contributed by atoms with Crippen molar-refractivity contribution in [2.75, 3.05) is 0 Å². The van der Waals surface area contributed by atoms with Crippen LogP contribution in [-0.2, 0) is 12.8 Å². The molecule has 0 amide bonds. The molecule has 0 saturated heterocycles. The van der Waals surface area contributed by atoms with Gasteiger partial charge in [0.1, 0.15) is 0 Å². The van der Waals surface area contributed by atoms with E-state index in [1.54, 1.807) is 6.20 Å². The number of hydrogen-bond donors (Lipinski definition) is 0. The summed E-state index contributed by atoms with van der Waals surface area (Å²) >= 11 is 0. The van der Waals surface area contributed by atoms with Crippen molar-refractivity contribution in [2.45, 2.75) is 26.7 Å². The predicted octanol–water partition coefficient (Wildman–Crippen LogP) is 2.47. The van der Waals surface area contributed by atoms with Crippen LogP contribution >= 0.6 is 0 Å². The van der Waals surface area contributed by atoms with Gasteiger partial charge in [0, 0.05) is 24.5 Å². The predicted molar refractivity (Wildman–Crippen MR) is 87.2 cm³/mol. The Hall–Kier alpha value is -2.89. The van der Waals surface area contributed by atoms with Crippen LogP contribution in [-0.4, -0.2) is 29.5 Å². The third-order valence-electron chi connectivity index (χ3n) is 3.87. The second kappa shape index (κ2) is 5.39. The van der Waals surface area contributed by atoms with Gasteiger partial charge in [-0.2, -0.15) is 5.10 Å². The molecule has 0 N–H and O–H groups in total. The third-order valence-corrected chi connectivity index (χ3v) is 3.87. The number of aryl methyl sites for hydroxylation is 4. The summed E-state index contributed by atoms with van der Waals surface area (Å²) in [4.78, 5) is 17.9. The van der Waals surface area contributed by atoms with Gasteiger partial charge in [-0.1, -0.05) is 0 Å². The standard InChI is InChI=1S/C17H16N6/c1-11-10-19-12(2)17-21-16(22-23(11)17)8-6-13-5-7-14-15(20-13)4-3-9-18-14/h3-5,7,9-10H,6,8H2,1-2H3. The SMILES string of the molecule is Cc1ncc(C)n2nc(CCc3ccc4ncccc4n3)nc12. The van der Waals surface area contributed by atoms with E-state index in [0.29, 0.717) is 0 Å². The summed E-state index contributed by atoms with van der Waals surface area (Å²) in [5, 5.41) is 4.58. The minimum absolute atomic E-state index is 0.749. The molecule has 6 heteroatoms. The first-order chi connectivity index (χ1) is 11.2. The van der Waals surface area contributed by atoms with Gasteiger partial charge in [0.25, 0.3) is 0 Å². The van der Waals surface area contributed by atoms with Crippen LogP contribution in [0.2, 0.25) is 0 Å². The molecule has 6 nitrogen and oxygen atoms in total. The maximum absolute atomic E-state index is 4.64. The summed E-state index contributed by atoms with van der Waals surface area (Å²) in [6.07, 6.45) is 5.15. The number of rotatable bonds is 3. The lowest BCUT2D eigenvalue weighted by Gasteiger charge is -2.00. The second-order valence-corrected chi connectivity index (χ2v) is 5.59. The lowest BCUT2D eigenvalue weighted by molar-refractivity contribution is 0.808. The van der Waals surface area contributed by atoms with Crippen LogP contribution in [0, 0.1) is 13.8 Å². The van der Waals surface area contributed by atoms with Crippen molar-refractivity contribution in [1.82, 2.24) is 29.5 Å². The van der Waals surface area contributed by atoms with Crippen molar-refractivity contribution in [2.24, 2.45) is 0 Å². The first-order valence-corrected chi connectivity index (χ1v) is 7.59. The molecule has 0 fully saturated rings. The smallest absolute Gasteiger partial charge is 0.177 e. The van der Waals surface area contributed by atoms with E-state index < -0.39 is 0 Å². The molecule has 0 aliphatic rings. The van der Waals surface area contributed by atoms with Gasteiger partial charge in [0.15, 0.2) is 11.5 Å². The highest BCUT2D eigenvalue weighted by Gasteiger charge is 2.09. The maximum atomic E-state index is 4.64. The molecule has 4 rings (SSSR count). The Labute approximate surface area is 133 Å². The molecule has 4 aromatic rings. The lowest BCUT2D eigenvalue weighted by atomic mass is 10.2. The highest BCUT2D eigenvalue weighted by molar-refractivity contribution is 5.73. The zero-order chi connectivity index (χ0) is 15.8. The molecule has 0 radical (unpaired) electrons. The molecule has 0 aliphatic heterocycles. The Morgan fingerprint density at radius 2 is 1.87 bits per heavy atom. The number of aromatic nitrogens is 6. The molecule has 23 heavy (non-hydrogen) atoms. The monoisotopic (exact) mass is 304 g/mol. The Bertz CT molecular complexity index is 965. The Balaban J connectivity index is 1.60. The molecule has 0 atom stereocenters. The average Bonchev–Trinajstić information content (AvgIpc) is 3.02. The molecular formula is C17H16N6. The van der Waals surface area contributed by atoms with E-state index in [2.05, 4.69) is 25.0 Å². The van der Waals surface area contributed by atoms with Crippen LogP contribution in [0.15, 0.2) is 36.7 Å². The molecular weight excluding hydrogens is 288 g/mol. The quantitative estimate of drug-likeness (QED) is 0.581. The highest BCUT2D eigenvalue weighted by Crippen LogP contribution is 2.12. The summed E-state index contributed by atoms with van der Waals surface area (Å²) in [5.74, 6) is 0.817. The normalized spacial score (nSPS) is 11.4. The minimum Gasteiger partial charge on any atom is -0.256 e. The summed E-state index contributed by atoms with van der Waals surface area (Å²) < 4.78 is 1.86. The van der Waals surface area contributed by atoms with Crippen LogP contribution in [0.1, 0.15) is 22.9 Å². The van der Waals surface area contributed by atoms with Gasteiger partial charge in [-0.25, -0.2) is 9.50 Å². The van der Waals surface area contributed by atoms with E-state index in [9.17, 15) is 0 Å². The van der Waals surface area contributed by atoms with Crippen molar-refractivity contribution in [3.8, 4) is 0 Å². The molecule has 114 valence electrons.